The van der Waals surface area contributed by atoms with Crippen LogP contribution in [0.1, 0.15) is 84.4 Å². The molecule has 15 nitrogen and oxygen atoms in total. The first-order valence-corrected chi connectivity index (χ1v) is 23.4. The van der Waals surface area contributed by atoms with Crippen LogP contribution in [0.15, 0.2) is 54.9 Å². The number of nitrogens with zero attached hydrogens (tertiary/aromatic N) is 5. The molecule has 2 aromatic carbocycles. The van der Waals surface area contributed by atoms with Crippen molar-refractivity contribution < 1.29 is 38.6 Å². The number of aromatic hydroxyl groups is 1. The number of pyridine rings is 1. The summed E-state index contributed by atoms with van der Waals surface area (Å²) < 4.78 is 14.0. The van der Waals surface area contributed by atoms with Crippen molar-refractivity contribution in [1.29, 1.82) is 0 Å². The minimum Gasteiger partial charge on any atom is -0.508 e. The molecule has 0 aliphatic carbocycles. The zero-order valence-corrected chi connectivity index (χ0v) is 46.0. The number of fused-ring (bicyclic) bond motifs is 6. The van der Waals surface area contributed by atoms with Gasteiger partial charge in [-0.05, 0) is 96.7 Å². The van der Waals surface area contributed by atoms with Crippen LogP contribution in [0.5, 0.6) is 5.75 Å². The van der Waals surface area contributed by atoms with Crippen molar-refractivity contribution in [2.45, 2.75) is 112 Å². The largest absolute Gasteiger partial charge is 0.508 e. The number of esters is 1. The van der Waals surface area contributed by atoms with Crippen LogP contribution >= 0.6 is 54.0 Å². The van der Waals surface area contributed by atoms with Gasteiger partial charge in [0.15, 0.2) is 0 Å². The summed E-state index contributed by atoms with van der Waals surface area (Å²) in [4.78, 5) is 77.6. The first-order chi connectivity index (χ1) is 31.4. The number of ether oxygens (including phenoxy) is 2. The summed E-state index contributed by atoms with van der Waals surface area (Å²) >= 11 is 0. The van der Waals surface area contributed by atoms with Crippen molar-refractivity contribution in [3.05, 3.63) is 71.5 Å². The van der Waals surface area contributed by atoms with Gasteiger partial charge >= 0.3 is 5.97 Å². The van der Waals surface area contributed by atoms with Crippen molar-refractivity contribution in [1.82, 2.24) is 35.1 Å². The predicted octanol–water partition coefficient (Wildman–Crippen LogP) is 6.33. The van der Waals surface area contributed by atoms with Crippen LogP contribution in [0.4, 0.5) is 0 Å². The van der Waals surface area contributed by atoms with Crippen molar-refractivity contribution in [2.24, 2.45) is 23.2 Å². The highest BCUT2D eigenvalue weighted by Crippen LogP contribution is 2.41. The average Bonchev–Trinajstić information content (AvgIpc) is 3.89. The molecule has 4 aromatic rings. The van der Waals surface area contributed by atoms with Gasteiger partial charge in [-0.2, -0.15) is 54.0 Å². The lowest BCUT2D eigenvalue weighted by atomic mass is 9.84. The summed E-state index contributed by atoms with van der Waals surface area (Å²) in [7, 11) is 3.28. The standard InChI is InChI=1S/C51H67N7O8.4H2S/c1-10-57-43-14-13-33-24-38(43)39(45(57)40-26-52-17-15-35(40)28-65-9)25-51(6,7)29-66-50(64)41-12-11-18-58(54-41)49(63)42(22-32-20-36(33)23-37(59)21-32)53-46(60)44(30(2)3)55(8)48(62)34-16-19-56(27-34)47(61)31(4)5;;;;/h13-15,17,20-21,23-24,26,30-31,34,41-42,44,54,59H,10-12,16,18-19,22,25,27-29H2,1-9H3,(H,53,60);4*1H2/t34-,41-,42-,44-;;;;/m0..../s1. The zero-order valence-electron chi connectivity index (χ0n) is 42.0. The number of amides is 4. The highest BCUT2D eigenvalue weighted by atomic mass is 32.1. The number of likely N-dealkylation sites (N-methyl/N-ethyl adjacent to an activating group) is 1. The normalized spacial score (nSPS) is 19.4. The van der Waals surface area contributed by atoms with Crippen LogP contribution in [-0.4, -0.2) is 118 Å². The fourth-order valence-corrected chi connectivity index (χ4v) is 10.1. The van der Waals surface area contributed by atoms with Gasteiger partial charge in [0.25, 0.3) is 5.91 Å². The molecule has 6 bridgehead atoms. The summed E-state index contributed by atoms with van der Waals surface area (Å²) in [6, 6.07) is 10.5. The number of carbonyl (C=O) groups excluding carboxylic acids is 5. The Hall–Kier alpha value is -4.40. The van der Waals surface area contributed by atoms with Gasteiger partial charge in [-0.3, -0.25) is 34.0 Å². The van der Waals surface area contributed by atoms with Crippen molar-refractivity contribution in [2.75, 3.05) is 40.4 Å². The van der Waals surface area contributed by atoms with Crippen LogP contribution in [0.3, 0.4) is 0 Å². The van der Waals surface area contributed by atoms with Gasteiger partial charge in [0.2, 0.25) is 17.7 Å². The SMILES string of the molecule is CCn1c(-c2cnccc2COC)c2c3cc(ccc31)-c1cc(O)cc(c1)C[C@H](NC(=O)[C@H](C(C)C)N(C)C(=O)[C@H]1CCN(C(=O)C(C)C)C1)C(=O)N1CCC[C@H](N1)C(=O)OCC(C)(C)C2.S.S.S.S. The van der Waals surface area contributed by atoms with Gasteiger partial charge in [-0.15, -0.1) is 0 Å². The van der Waals surface area contributed by atoms with Gasteiger partial charge < -0.3 is 34.3 Å². The van der Waals surface area contributed by atoms with Gasteiger partial charge in [-0.1, -0.05) is 53.7 Å². The maximum atomic E-state index is 14.7. The van der Waals surface area contributed by atoms with E-state index in [0.29, 0.717) is 50.9 Å². The molecule has 2 fully saturated rings. The third-order valence-corrected chi connectivity index (χ3v) is 13.3. The van der Waals surface area contributed by atoms with E-state index in [1.54, 1.807) is 37.4 Å². The minimum absolute atomic E-state index is 0. The average molecular weight is 1040 g/mol. The fourth-order valence-electron chi connectivity index (χ4n) is 10.1. The highest BCUT2D eigenvalue weighted by molar-refractivity contribution is 7.59. The number of phenolic OH excluding ortho intramolecular Hbond substituents is 1. The van der Waals surface area contributed by atoms with E-state index in [2.05, 4.69) is 53.2 Å². The second kappa shape index (κ2) is 25.3. The molecule has 2 aromatic heterocycles. The number of cyclic esters (lactones) is 1. The number of benzene rings is 2. The third kappa shape index (κ3) is 13.0. The van der Waals surface area contributed by atoms with Crippen molar-refractivity contribution >= 4 is 94.5 Å². The quantitative estimate of drug-likeness (QED) is 0.152. The Balaban J connectivity index is 0.00000324. The topological polar surface area (TPSA) is 176 Å². The van der Waals surface area contributed by atoms with Crippen molar-refractivity contribution in [3.63, 3.8) is 0 Å². The molecular weight excluding hydrogens is 967 g/mol. The van der Waals surface area contributed by atoms with E-state index in [1.165, 1.54) is 9.91 Å². The van der Waals surface area contributed by atoms with E-state index in [4.69, 9.17) is 9.47 Å². The number of rotatable bonds is 10. The van der Waals surface area contributed by atoms with E-state index in [-0.39, 0.29) is 109 Å². The molecule has 4 amide bonds. The smallest absolute Gasteiger partial charge is 0.324 e. The van der Waals surface area contributed by atoms with Gasteiger partial charge in [0, 0.05) is 87.0 Å². The second-order valence-corrected chi connectivity index (χ2v) is 19.7. The molecule has 5 heterocycles. The maximum Gasteiger partial charge on any atom is 0.324 e. The van der Waals surface area contributed by atoms with E-state index in [9.17, 15) is 29.1 Å². The Morgan fingerprint density at radius 3 is 2.40 bits per heavy atom. The zero-order chi connectivity index (χ0) is 47.6. The molecule has 3 N–H and O–H groups in total. The molecule has 0 radical (unpaired) electrons. The number of phenols is 1. The van der Waals surface area contributed by atoms with Crippen LogP contribution in [0, 0.1) is 23.2 Å². The summed E-state index contributed by atoms with van der Waals surface area (Å²) in [5, 5.41) is 16.7. The van der Waals surface area contributed by atoms with Crippen LogP contribution in [0.25, 0.3) is 33.3 Å². The van der Waals surface area contributed by atoms with Gasteiger partial charge in [0.1, 0.15) is 23.9 Å². The lowest BCUT2D eigenvalue weighted by Gasteiger charge is -2.37. The first-order valence-electron chi connectivity index (χ1n) is 23.4. The molecule has 3 aliphatic rings. The van der Waals surface area contributed by atoms with E-state index in [1.807, 2.05) is 52.1 Å². The molecule has 0 spiro atoms. The number of aromatic nitrogens is 2. The van der Waals surface area contributed by atoms with Crippen molar-refractivity contribution in [3.8, 4) is 28.1 Å². The van der Waals surface area contributed by atoms with E-state index < -0.39 is 47.2 Å². The molecule has 7 rings (SSSR count). The number of carbonyl (C=O) groups is 5. The molecular formula is C51H75N7O8S4. The minimum atomic E-state index is -1.15. The molecule has 2 saturated heterocycles. The Morgan fingerprint density at radius 2 is 1.73 bits per heavy atom. The Kier molecular flexibility index (Phi) is 21.7. The van der Waals surface area contributed by atoms with Gasteiger partial charge in [-0.25, -0.2) is 5.43 Å². The molecule has 4 atom stereocenters. The van der Waals surface area contributed by atoms with Crippen LogP contribution < -0.4 is 10.7 Å². The molecule has 19 heteroatoms. The molecule has 386 valence electrons. The molecule has 0 saturated carbocycles. The maximum absolute atomic E-state index is 14.7. The predicted molar refractivity (Wildman–Crippen MR) is 293 cm³/mol. The number of methoxy groups -OCH3 is 1. The Labute approximate surface area is 440 Å². The molecule has 70 heavy (non-hydrogen) atoms. The monoisotopic (exact) mass is 1040 g/mol. The lowest BCUT2D eigenvalue weighted by molar-refractivity contribution is -0.155. The first kappa shape index (κ1) is 59.9. The van der Waals surface area contributed by atoms with Gasteiger partial charge in [0.05, 0.1) is 24.8 Å². The Morgan fingerprint density at radius 1 is 1.00 bits per heavy atom. The summed E-state index contributed by atoms with van der Waals surface area (Å²) in [5.41, 5.74) is 9.77. The van der Waals surface area contributed by atoms with Crippen LogP contribution in [-0.2, 0) is 59.4 Å². The lowest BCUT2D eigenvalue weighted by Crippen LogP contribution is -2.62. The van der Waals surface area contributed by atoms with E-state index in [0.717, 1.165) is 44.4 Å². The number of hydrogen-bond acceptors (Lipinski definition) is 10. The number of nitrogens with one attached hydrogen (secondary N) is 2. The summed E-state index contributed by atoms with van der Waals surface area (Å²) in [6.45, 7) is 15.8. The summed E-state index contributed by atoms with van der Waals surface area (Å²) in [6.07, 6.45) is 5.64. The second-order valence-electron chi connectivity index (χ2n) is 19.7. The number of hydrazine groups is 1. The number of aryl methyl sites for hydroxylation is 1. The van der Waals surface area contributed by atoms with E-state index >= 15 is 0 Å². The molecule has 3 aliphatic heterocycles. The number of hydrogen-bond donors (Lipinski definition) is 3. The summed E-state index contributed by atoms with van der Waals surface area (Å²) in [5.74, 6) is -2.70. The van der Waals surface area contributed by atoms with Crippen LogP contribution in [0.2, 0.25) is 0 Å². The molecule has 0 unspecified atom stereocenters. The number of likely N-dealkylation sites (tertiary alicyclic amines) is 1. The third-order valence-electron chi connectivity index (χ3n) is 13.3. The fraction of sp³-hybridized carbons (Fsp3) is 0.529. The Bertz CT molecular complexity index is 2500. The highest BCUT2D eigenvalue weighted by Gasteiger charge is 2.40.